The smallest absolute Gasteiger partial charge is 0.310 e. The van der Waals surface area contributed by atoms with Gasteiger partial charge in [-0.15, -0.1) is 0 Å². The average molecular weight is 369 g/mol. The molecule has 0 aromatic heterocycles. The minimum atomic E-state index is -0.790. The first-order chi connectivity index (χ1) is 11.6. The van der Waals surface area contributed by atoms with Crippen LogP contribution in [-0.4, -0.2) is 39.3 Å². The van der Waals surface area contributed by atoms with E-state index >= 15 is 0 Å². The maximum Gasteiger partial charge on any atom is 0.310 e. The number of fused-ring (bicyclic) bond motifs is 1. The quantitative estimate of drug-likeness (QED) is 0.608. The summed E-state index contributed by atoms with van der Waals surface area (Å²) >= 11 is 6.06. The summed E-state index contributed by atoms with van der Waals surface area (Å²) in [5.74, 6) is -2.44. The predicted molar refractivity (Wildman–Crippen MR) is 91.9 cm³/mol. The zero-order valence-electron chi connectivity index (χ0n) is 14.2. The van der Waals surface area contributed by atoms with Crippen LogP contribution in [0.15, 0.2) is 17.7 Å². The van der Waals surface area contributed by atoms with Crippen molar-refractivity contribution in [1.82, 2.24) is 0 Å². The first-order valence-corrected chi connectivity index (χ1v) is 8.33. The second kappa shape index (κ2) is 7.45. The van der Waals surface area contributed by atoms with Gasteiger partial charge in [0.1, 0.15) is 17.6 Å². The van der Waals surface area contributed by atoms with Gasteiger partial charge in [-0.25, -0.2) is 0 Å². The number of phenols is 2. The molecule has 2 rings (SSSR count). The number of benzene rings is 1. The van der Waals surface area contributed by atoms with E-state index in [9.17, 15) is 24.9 Å². The number of hydrogen-bond donors (Lipinski definition) is 3. The molecule has 1 aliphatic rings. The molecule has 0 amide bonds. The lowest BCUT2D eigenvalue weighted by molar-refractivity contribution is -0.151. The minimum absolute atomic E-state index is 0.0166. The van der Waals surface area contributed by atoms with E-state index in [1.165, 1.54) is 0 Å². The van der Waals surface area contributed by atoms with Crippen molar-refractivity contribution in [3.8, 4) is 11.5 Å². The predicted octanol–water partition coefficient (Wildman–Crippen LogP) is 2.76. The molecule has 0 saturated heterocycles. The molecule has 1 aromatic rings. The average Bonchev–Trinajstić information content (AvgIpc) is 2.54. The molecule has 0 spiro atoms. The third-order valence-corrected chi connectivity index (χ3v) is 4.98. The van der Waals surface area contributed by atoms with Gasteiger partial charge in [-0.05, 0) is 25.8 Å². The van der Waals surface area contributed by atoms with Gasteiger partial charge in [-0.2, -0.15) is 0 Å². The Hall–Kier alpha value is -2.05. The highest BCUT2D eigenvalue weighted by atomic mass is 35.5. The Morgan fingerprint density at radius 1 is 1.20 bits per heavy atom. The number of hydrogen-bond acceptors (Lipinski definition) is 6. The lowest BCUT2D eigenvalue weighted by Gasteiger charge is -2.25. The van der Waals surface area contributed by atoms with Crippen molar-refractivity contribution >= 4 is 23.4 Å². The number of rotatable bonds is 0. The number of phenolic OH excluding ortho intramolecular Hbond substituents is 2. The summed E-state index contributed by atoms with van der Waals surface area (Å²) < 4.78 is 5.31. The number of cyclic esters (lactones) is 1. The molecule has 25 heavy (non-hydrogen) atoms. The molecule has 6 nitrogen and oxygen atoms in total. The second-order valence-electron chi connectivity index (χ2n) is 6.33. The Kier molecular flexibility index (Phi) is 5.75. The highest BCUT2D eigenvalue weighted by Crippen LogP contribution is 2.38. The zero-order valence-corrected chi connectivity index (χ0v) is 15.0. The van der Waals surface area contributed by atoms with Crippen LogP contribution in [0.2, 0.25) is 5.02 Å². The molecule has 0 radical (unpaired) electrons. The standard InChI is InChI=1S/C18H21ClO6/c1-8-4-5-12(20)9(2)10(3)25-15(23)6-11-16(18(8)24)13(21)7-14(22)17(11)19/h4,7,9-10,12,20-22H,5-6H2,1-3H3/b8-4+/t9-,10+,12-/m1/s1. The second-order valence-corrected chi connectivity index (χ2v) is 6.71. The number of carbonyl (C=O) groups is 2. The van der Waals surface area contributed by atoms with E-state index in [1.54, 1.807) is 26.8 Å². The molecule has 1 heterocycles. The van der Waals surface area contributed by atoms with Crippen LogP contribution in [-0.2, 0) is 16.0 Å². The maximum absolute atomic E-state index is 12.7. The van der Waals surface area contributed by atoms with E-state index in [2.05, 4.69) is 0 Å². The molecule has 3 N–H and O–H groups in total. The molecule has 0 fully saturated rings. The SMILES string of the molecule is C/C1=C\C[C@@H](O)[C@H](C)[C@H](C)OC(=O)Cc2c(Cl)c(O)cc(O)c2C1=O. The summed E-state index contributed by atoms with van der Waals surface area (Å²) in [4.78, 5) is 24.9. The van der Waals surface area contributed by atoms with Gasteiger partial charge in [0.05, 0.1) is 23.1 Å². The van der Waals surface area contributed by atoms with Crippen LogP contribution < -0.4 is 0 Å². The highest BCUT2D eigenvalue weighted by molar-refractivity contribution is 6.34. The molecule has 136 valence electrons. The molecular formula is C18H21ClO6. The summed E-state index contributed by atoms with van der Waals surface area (Å²) in [5.41, 5.74) is 0.165. The van der Waals surface area contributed by atoms with Gasteiger partial charge >= 0.3 is 5.97 Å². The van der Waals surface area contributed by atoms with E-state index < -0.39 is 35.5 Å². The van der Waals surface area contributed by atoms with Crippen molar-refractivity contribution in [3.63, 3.8) is 0 Å². The van der Waals surface area contributed by atoms with Crippen LogP contribution in [0.4, 0.5) is 0 Å². The first-order valence-electron chi connectivity index (χ1n) is 7.95. The fourth-order valence-corrected chi connectivity index (χ4v) is 2.93. The van der Waals surface area contributed by atoms with E-state index in [4.69, 9.17) is 16.3 Å². The Morgan fingerprint density at radius 2 is 1.84 bits per heavy atom. The highest BCUT2D eigenvalue weighted by Gasteiger charge is 2.29. The molecule has 7 heteroatoms. The molecule has 0 aliphatic carbocycles. The normalized spacial score (nSPS) is 27.4. The Bertz CT molecular complexity index is 740. The third kappa shape index (κ3) is 3.96. The third-order valence-electron chi connectivity index (χ3n) is 4.56. The molecule has 3 atom stereocenters. The van der Waals surface area contributed by atoms with E-state index in [1.807, 2.05) is 0 Å². The molecule has 0 unspecified atom stereocenters. The number of esters is 1. The number of Topliss-reactive ketones (excluding diaryl/α,β-unsaturated/α-hetero) is 1. The molecule has 1 aliphatic heterocycles. The summed E-state index contributed by atoms with van der Waals surface area (Å²) in [6.45, 7) is 4.97. The lowest BCUT2D eigenvalue weighted by Crippen LogP contribution is -2.32. The molecule has 0 bridgehead atoms. The number of carbonyl (C=O) groups excluding carboxylic acids is 2. The first kappa shape index (κ1) is 19.3. The van der Waals surface area contributed by atoms with Gasteiger partial charge < -0.3 is 20.1 Å². The Labute approximate surface area is 150 Å². The summed E-state index contributed by atoms with van der Waals surface area (Å²) in [7, 11) is 0. The number of halogens is 1. The van der Waals surface area contributed by atoms with Gasteiger partial charge in [0.25, 0.3) is 0 Å². The van der Waals surface area contributed by atoms with Gasteiger partial charge in [-0.1, -0.05) is 24.6 Å². The number of allylic oxidation sites excluding steroid dienone is 1. The summed E-state index contributed by atoms with van der Waals surface area (Å²) in [6, 6.07) is 0.961. The fourth-order valence-electron chi connectivity index (χ4n) is 2.72. The molecule has 0 saturated carbocycles. The Balaban J connectivity index is 2.62. The maximum atomic E-state index is 12.7. The number of aliphatic hydroxyl groups is 1. The van der Waals surface area contributed by atoms with Crippen LogP contribution in [0.1, 0.15) is 43.1 Å². The van der Waals surface area contributed by atoms with Crippen LogP contribution in [0.5, 0.6) is 11.5 Å². The number of ether oxygens (including phenoxy) is 1. The van der Waals surface area contributed by atoms with Crippen molar-refractivity contribution < 1.29 is 29.6 Å². The van der Waals surface area contributed by atoms with Crippen molar-refractivity contribution in [3.05, 3.63) is 33.9 Å². The summed E-state index contributed by atoms with van der Waals surface area (Å²) in [5, 5.41) is 30.0. The largest absolute Gasteiger partial charge is 0.507 e. The van der Waals surface area contributed by atoms with Gasteiger partial charge in [0.15, 0.2) is 5.78 Å². The van der Waals surface area contributed by atoms with Crippen LogP contribution in [0.3, 0.4) is 0 Å². The Morgan fingerprint density at radius 3 is 2.48 bits per heavy atom. The van der Waals surface area contributed by atoms with Crippen molar-refractivity contribution in [2.24, 2.45) is 5.92 Å². The van der Waals surface area contributed by atoms with Crippen molar-refractivity contribution in [1.29, 1.82) is 0 Å². The molecular weight excluding hydrogens is 348 g/mol. The summed E-state index contributed by atoms with van der Waals surface area (Å²) in [6.07, 6.45) is 0.0370. The van der Waals surface area contributed by atoms with Crippen molar-refractivity contribution in [2.75, 3.05) is 0 Å². The van der Waals surface area contributed by atoms with E-state index in [0.29, 0.717) is 5.57 Å². The monoisotopic (exact) mass is 368 g/mol. The van der Waals surface area contributed by atoms with E-state index in [-0.39, 0.29) is 34.9 Å². The van der Waals surface area contributed by atoms with Gasteiger partial charge in [0.2, 0.25) is 0 Å². The van der Waals surface area contributed by atoms with Crippen LogP contribution in [0, 0.1) is 5.92 Å². The van der Waals surface area contributed by atoms with E-state index in [0.717, 1.165) is 6.07 Å². The van der Waals surface area contributed by atoms with Crippen LogP contribution in [0.25, 0.3) is 0 Å². The topological polar surface area (TPSA) is 104 Å². The number of aromatic hydroxyl groups is 2. The van der Waals surface area contributed by atoms with Crippen LogP contribution >= 0.6 is 11.6 Å². The van der Waals surface area contributed by atoms with Gasteiger partial charge in [-0.3, -0.25) is 9.59 Å². The lowest BCUT2D eigenvalue weighted by atomic mass is 9.92. The van der Waals surface area contributed by atoms with Gasteiger partial charge in [0, 0.05) is 17.5 Å². The number of ketones is 1. The fraction of sp³-hybridized carbons (Fsp3) is 0.444. The molecule has 1 aromatic carbocycles. The number of aliphatic hydroxyl groups excluding tert-OH is 1. The van der Waals surface area contributed by atoms with Crippen molar-refractivity contribution in [2.45, 2.75) is 45.8 Å². The zero-order chi connectivity index (χ0) is 18.9. The minimum Gasteiger partial charge on any atom is -0.507 e.